The van der Waals surface area contributed by atoms with Crippen molar-refractivity contribution in [2.24, 2.45) is 0 Å². The molecule has 0 aliphatic rings. The highest BCUT2D eigenvalue weighted by Crippen LogP contribution is 2.22. The van der Waals surface area contributed by atoms with Crippen molar-refractivity contribution in [3.63, 3.8) is 0 Å². The fraction of sp³-hybridized carbons (Fsp3) is 0.312. The number of carbonyl (C=O) groups excluding carboxylic acids is 2. The second-order valence-corrected chi connectivity index (χ2v) is 4.98. The lowest BCUT2D eigenvalue weighted by atomic mass is 10.2. The maximum atomic E-state index is 11.8. The van der Waals surface area contributed by atoms with Crippen LogP contribution in [0.2, 0.25) is 0 Å². The molecule has 122 valence electrons. The first-order valence-electron chi connectivity index (χ1n) is 6.97. The van der Waals surface area contributed by atoms with Gasteiger partial charge in [0.25, 0.3) is 0 Å². The molecule has 0 radical (unpaired) electrons. The molecule has 6 nitrogen and oxygen atoms in total. The van der Waals surface area contributed by atoms with Crippen LogP contribution in [-0.2, 0) is 14.3 Å². The normalized spacial score (nSPS) is 11.0. The number of nitrogens with one attached hydrogen (secondary N) is 1. The molecular weight excluding hydrogens is 316 g/mol. The minimum absolute atomic E-state index is 0.0891. The van der Waals surface area contributed by atoms with Gasteiger partial charge in [0, 0.05) is 5.69 Å². The van der Waals surface area contributed by atoms with E-state index in [1.165, 1.54) is 11.8 Å². The molecule has 0 heterocycles. The summed E-state index contributed by atoms with van der Waals surface area (Å²) >= 11 is 1.22. The van der Waals surface area contributed by atoms with Crippen LogP contribution in [0, 0.1) is 11.3 Å². The number of esters is 2. The number of benzene rings is 1. The molecule has 1 rings (SSSR count). The van der Waals surface area contributed by atoms with Gasteiger partial charge in [0.2, 0.25) is 0 Å². The van der Waals surface area contributed by atoms with Crippen LogP contribution in [0.5, 0.6) is 0 Å². The second-order valence-electron chi connectivity index (χ2n) is 4.16. The highest BCUT2D eigenvalue weighted by Gasteiger charge is 2.16. The third-order valence-electron chi connectivity index (χ3n) is 2.68. The van der Waals surface area contributed by atoms with Crippen LogP contribution in [0.15, 0.2) is 34.9 Å². The third-order valence-corrected chi connectivity index (χ3v) is 3.39. The van der Waals surface area contributed by atoms with Crippen molar-refractivity contribution in [3.05, 3.63) is 40.4 Å². The molecule has 0 fully saturated rings. The number of nitrogens with zero attached hydrogens (tertiary/aromatic N) is 1. The summed E-state index contributed by atoms with van der Waals surface area (Å²) < 4.78 is 9.77. The average Bonchev–Trinajstić information content (AvgIpc) is 2.55. The largest absolute Gasteiger partial charge is 0.462 e. The zero-order valence-corrected chi connectivity index (χ0v) is 14.0. The first kappa shape index (κ1) is 18.6. The average molecular weight is 334 g/mol. The lowest BCUT2D eigenvalue weighted by molar-refractivity contribution is -0.138. The summed E-state index contributed by atoms with van der Waals surface area (Å²) in [6, 6.07) is 8.40. The molecule has 0 saturated carbocycles. The van der Waals surface area contributed by atoms with Crippen LogP contribution in [-0.4, -0.2) is 31.4 Å². The summed E-state index contributed by atoms with van der Waals surface area (Å²) in [5.74, 6) is -1.07. The molecule has 0 atom stereocenters. The summed E-state index contributed by atoms with van der Waals surface area (Å²) in [7, 11) is 0. The van der Waals surface area contributed by atoms with Gasteiger partial charge in [-0.15, -0.1) is 11.8 Å². The summed E-state index contributed by atoms with van der Waals surface area (Å²) in [6.45, 7) is 3.92. The monoisotopic (exact) mass is 334 g/mol. The lowest BCUT2D eigenvalue weighted by Crippen LogP contribution is -2.11. The predicted molar refractivity (Wildman–Crippen MR) is 88.8 cm³/mol. The number of nitriles is 1. The van der Waals surface area contributed by atoms with Crippen LogP contribution in [0.25, 0.3) is 0 Å². The van der Waals surface area contributed by atoms with E-state index in [0.717, 1.165) is 0 Å². The van der Waals surface area contributed by atoms with Gasteiger partial charge in [-0.2, -0.15) is 5.26 Å². The van der Waals surface area contributed by atoms with Gasteiger partial charge in [-0.25, -0.2) is 9.59 Å². The molecule has 1 aromatic rings. The maximum Gasteiger partial charge on any atom is 0.351 e. The molecule has 0 unspecified atom stereocenters. The molecule has 0 spiro atoms. The quantitative estimate of drug-likeness (QED) is 0.466. The zero-order chi connectivity index (χ0) is 17.2. The van der Waals surface area contributed by atoms with Crippen molar-refractivity contribution in [2.75, 3.05) is 24.8 Å². The molecule has 0 aliphatic carbocycles. The predicted octanol–water partition coefficient (Wildman–Crippen LogP) is 2.94. The van der Waals surface area contributed by atoms with Gasteiger partial charge in [0.15, 0.2) is 5.57 Å². The van der Waals surface area contributed by atoms with E-state index in [1.807, 2.05) is 6.07 Å². The molecule has 23 heavy (non-hydrogen) atoms. The van der Waals surface area contributed by atoms with Gasteiger partial charge >= 0.3 is 11.9 Å². The van der Waals surface area contributed by atoms with Gasteiger partial charge in [0.1, 0.15) is 6.07 Å². The lowest BCUT2D eigenvalue weighted by Gasteiger charge is -2.11. The first-order valence-corrected chi connectivity index (χ1v) is 8.19. The van der Waals surface area contributed by atoms with Gasteiger partial charge in [-0.05, 0) is 44.4 Å². The Morgan fingerprint density at radius 3 is 2.26 bits per heavy atom. The van der Waals surface area contributed by atoms with Crippen molar-refractivity contribution in [3.8, 4) is 6.07 Å². The minimum atomic E-state index is -0.671. The van der Waals surface area contributed by atoms with E-state index in [1.54, 1.807) is 44.4 Å². The Hall–Kier alpha value is -2.46. The van der Waals surface area contributed by atoms with Crippen LogP contribution in [0.3, 0.4) is 0 Å². The maximum absolute atomic E-state index is 11.8. The second kappa shape index (κ2) is 9.54. The zero-order valence-electron chi connectivity index (χ0n) is 13.2. The van der Waals surface area contributed by atoms with E-state index in [9.17, 15) is 9.59 Å². The van der Waals surface area contributed by atoms with E-state index < -0.39 is 11.9 Å². The Labute approximate surface area is 139 Å². The topological polar surface area (TPSA) is 88.4 Å². The van der Waals surface area contributed by atoms with Crippen molar-refractivity contribution >= 4 is 29.4 Å². The van der Waals surface area contributed by atoms with Crippen molar-refractivity contribution in [1.29, 1.82) is 5.26 Å². The number of rotatable bonds is 7. The van der Waals surface area contributed by atoms with Gasteiger partial charge in [0.05, 0.1) is 23.8 Å². The fourth-order valence-electron chi connectivity index (χ4n) is 1.64. The first-order chi connectivity index (χ1) is 11.1. The number of ether oxygens (including phenoxy) is 2. The number of hydrogen-bond acceptors (Lipinski definition) is 7. The highest BCUT2D eigenvalue weighted by atomic mass is 32.2. The number of anilines is 1. The number of thioether (sulfide) groups is 1. The van der Waals surface area contributed by atoms with Crippen molar-refractivity contribution in [1.82, 2.24) is 0 Å². The molecule has 0 amide bonds. The van der Waals surface area contributed by atoms with Crippen molar-refractivity contribution < 1.29 is 19.1 Å². The van der Waals surface area contributed by atoms with Gasteiger partial charge in [-0.3, -0.25) is 0 Å². The van der Waals surface area contributed by atoms with Gasteiger partial charge < -0.3 is 14.8 Å². The highest BCUT2D eigenvalue weighted by molar-refractivity contribution is 8.02. The Bertz CT molecular complexity index is 632. The summed E-state index contributed by atoms with van der Waals surface area (Å²) in [4.78, 5) is 23.4. The standard InChI is InChI=1S/C16H18N2O4S/c1-4-21-15(19)11-6-8-12(9-7-11)18-14(23-3)13(10-17)16(20)22-5-2/h6-9,18H,4-5H2,1-3H3. The molecule has 0 saturated heterocycles. The Balaban J connectivity index is 2.97. The fourth-order valence-corrected chi connectivity index (χ4v) is 2.20. The van der Waals surface area contributed by atoms with Crippen LogP contribution in [0.1, 0.15) is 24.2 Å². The molecule has 7 heteroatoms. The molecule has 0 aliphatic heterocycles. The summed E-state index contributed by atoms with van der Waals surface area (Å²) in [5, 5.41) is 12.5. The van der Waals surface area contributed by atoms with E-state index in [4.69, 9.17) is 14.7 Å². The number of hydrogen-bond donors (Lipinski definition) is 1. The van der Waals surface area contributed by atoms with Crippen molar-refractivity contribution in [2.45, 2.75) is 13.8 Å². The molecule has 0 bridgehead atoms. The SMILES string of the molecule is CCOC(=O)C(C#N)=C(Nc1ccc(C(=O)OCC)cc1)SC. The van der Waals surface area contributed by atoms with E-state index in [2.05, 4.69) is 5.32 Å². The van der Waals surface area contributed by atoms with E-state index in [0.29, 0.717) is 22.9 Å². The van der Waals surface area contributed by atoms with E-state index >= 15 is 0 Å². The minimum Gasteiger partial charge on any atom is -0.462 e. The van der Waals surface area contributed by atoms with E-state index in [-0.39, 0.29) is 12.2 Å². The smallest absolute Gasteiger partial charge is 0.351 e. The Kier molecular flexibility index (Phi) is 7.71. The third kappa shape index (κ3) is 5.34. The number of carbonyl (C=O) groups is 2. The van der Waals surface area contributed by atoms with Gasteiger partial charge in [-0.1, -0.05) is 0 Å². The van der Waals surface area contributed by atoms with Crippen LogP contribution < -0.4 is 5.32 Å². The Morgan fingerprint density at radius 1 is 1.17 bits per heavy atom. The molecule has 1 aromatic carbocycles. The van der Waals surface area contributed by atoms with Crippen LogP contribution >= 0.6 is 11.8 Å². The summed E-state index contributed by atoms with van der Waals surface area (Å²) in [5.41, 5.74) is 0.978. The Morgan fingerprint density at radius 2 is 1.78 bits per heavy atom. The summed E-state index contributed by atoms with van der Waals surface area (Å²) in [6.07, 6.45) is 1.74. The molecule has 0 aromatic heterocycles. The molecular formula is C16H18N2O4S. The molecule has 1 N–H and O–H groups in total. The van der Waals surface area contributed by atoms with Crippen LogP contribution in [0.4, 0.5) is 5.69 Å².